The second-order valence-electron chi connectivity index (χ2n) is 5.03. The van der Waals surface area contributed by atoms with Crippen molar-refractivity contribution in [3.63, 3.8) is 0 Å². The summed E-state index contributed by atoms with van der Waals surface area (Å²) in [5, 5.41) is 2.92. The maximum absolute atomic E-state index is 13.4. The van der Waals surface area contributed by atoms with Gasteiger partial charge in [0.2, 0.25) is 11.7 Å². The molecular formula is C14H14BrF2N5O. The molecule has 2 aromatic rings. The Balaban J connectivity index is 2.35. The summed E-state index contributed by atoms with van der Waals surface area (Å²) in [6.07, 6.45) is 1.47. The Bertz CT molecular complexity index is 748. The number of anilines is 2. The van der Waals surface area contributed by atoms with Crippen LogP contribution in [-0.2, 0) is 17.1 Å². The number of aryl methyl sites for hydroxylation is 1. The predicted octanol–water partition coefficient (Wildman–Crippen LogP) is 2.83. The number of nitrogens with zero attached hydrogens (tertiary/aromatic N) is 3. The number of hydrogen-bond donors (Lipinski definition) is 2. The molecule has 0 saturated carbocycles. The van der Waals surface area contributed by atoms with Crippen LogP contribution in [0.25, 0.3) is 0 Å². The third kappa shape index (κ3) is 4.65. The summed E-state index contributed by atoms with van der Waals surface area (Å²) in [7, 11) is 0. The predicted molar refractivity (Wildman–Crippen MR) is 84.5 cm³/mol. The van der Waals surface area contributed by atoms with E-state index < -0.39 is 17.7 Å². The second-order valence-corrected chi connectivity index (χ2v) is 5.88. The van der Waals surface area contributed by atoms with Gasteiger partial charge in [0, 0.05) is 24.9 Å². The number of aromatic nitrogens is 3. The van der Waals surface area contributed by atoms with E-state index in [4.69, 9.17) is 5.73 Å². The molecule has 122 valence electrons. The van der Waals surface area contributed by atoms with Crippen molar-refractivity contribution in [1.29, 1.82) is 0 Å². The molecule has 0 unspecified atom stereocenters. The van der Waals surface area contributed by atoms with Crippen LogP contribution in [0.2, 0.25) is 0 Å². The fourth-order valence-electron chi connectivity index (χ4n) is 1.82. The zero-order valence-electron chi connectivity index (χ0n) is 12.4. The molecule has 0 aromatic carbocycles. The molecule has 0 aliphatic rings. The summed E-state index contributed by atoms with van der Waals surface area (Å²) in [6, 6.07) is 3.13. The van der Waals surface area contributed by atoms with Crippen LogP contribution in [0.5, 0.6) is 0 Å². The first-order valence-electron chi connectivity index (χ1n) is 6.59. The number of carbonyl (C=O) groups excluding carboxylic acids is 1. The van der Waals surface area contributed by atoms with Crippen molar-refractivity contribution < 1.29 is 13.6 Å². The molecule has 23 heavy (non-hydrogen) atoms. The van der Waals surface area contributed by atoms with Gasteiger partial charge in [0.15, 0.2) is 0 Å². The Kier molecular flexibility index (Phi) is 4.88. The van der Waals surface area contributed by atoms with Crippen molar-refractivity contribution in [2.24, 2.45) is 5.73 Å². The molecule has 1 amide bonds. The van der Waals surface area contributed by atoms with Gasteiger partial charge in [-0.25, -0.2) is 9.97 Å². The molecule has 0 fully saturated rings. The van der Waals surface area contributed by atoms with Crippen LogP contribution < -0.4 is 11.1 Å². The maximum Gasteiger partial charge on any atom is 0.303 e. The zero-order valence-corrected chi connectivity index (χ0v) is 14.0. The highest BCUT2D eigenvalue weighted by molar-refractivity contribution is 9.10. The van der Waals surface area contributed by atoms with Crippen LogP contribution >= 0.6 is 15.9 Å². The number of pyridine rings is 1. The van der Waals surface area contributed by atoms with Gasteiger partial charge in [0.05, 0.1) is 22.3 Å². The molecule has 0 bridgehead atoms. The van der Waals surface area contributed by atoms with Crippen molar-refractivity contribution in [1.82, 2.24) is 15.0 Å². The van der Waals surface area contributed by atoms with Crippen molar-refractivity contribution in [2.75, 3.05) is 5.32 Å². The molecule has 0 aliphatic heterocycles. The van der Waals surface area contributed by atoms with E-state index in [1.807, 2.05) is 0 Å². The second kappa shape index (κ2) is 6.53. The van der Waals surface area contributed by atoms with Gasteiger partial charge in [0.1, 0.15) is 5.82 Å². The monoisotopic (exact) mass is 385 g/mol. The summed E-state index contributed by atoms with van der Waals surface area (Å²) < 4.78 is 27.4. The highest BCUT2D eigenvalue weighted by Crippen LogP contribution is 2.28. The molecule has 2 aromatic heterocycles. The number of rotatable bonds is 5. The summed E-state index contributed by atoms with van der Waals surface area (Å²) in [5.41, 5.74) is 6.52. The van der Waals surface area contributed by atoms with Gasteiger partial charge in [-0.1, -0.05) is 0 Å². The van der Waals surface area contributed by atoms with Gasteiger partial charge >= 0.3 is 5.92 Å². The fourth-order valence-corrected chi connectivity index (χ4v) is 2.14. The number of alkyl halides is 2. The summed E-state index contributed by atoms with van der Waals surface area (Å²) in [5.74, 6) is -4.01. The molecule has 9 heteroatoms. The molecular weight excluding hydrogens is 372 g/mol. The zero-order chi connectivity index (χ0) is 17.2. The van der Waals surface area contributed by atoms with Crippen LogP contribution in [0.3, 0.4) is 0 Å². The lowest BCUT2D eigenvalue weighted by atomic mass is 10.2. The van der Waals surface area contributed by atoms with E-state index >= 15 is 0 Å². The highest BCUT2D eigenvalue weighted by atomic mass is 79.9. The number of halogens is 3. The molecule has 2 heterocycles. The van der Waals surface area contributed by atoms with E-state index in [2.05, 4.69) is 36.2 Å². The van der Waals surface area contributed by atoms with E-state index in [1.54, 1.807) is 13.0 Å². The van der Waals surface area contributed by atoms with Crippen LogP contribution in [0.15, 0.2) is 22.8 Å². The van der Waals surface area contributed by atoms with E-state index in [9.17, 15) is 13.6 Å². The molecule has 3 N–H and O–H groups in total. The van der Waals surface area contributed by atoms with E-state index in [-0.39, 0.29) is 12.2 Å². The molecule has 0 atom stereocenters. The summed E-state index contributed by atoms with van der Waals surface area (Å²) in [6.45, 7) is 2.33. The molecule has 0 radical (unpaired) electrons. The Morgan fingerprint density at radius 3 is 2.70 bits per heavy atom. The van der Waals surface area contributed by atoms with E-state index in [1.165, 1.54) is 12.3 Å². The number of nitrogens with one attached hydrogen (secondary N) is 1. The van der Waals surface area contributed by atoms with Gasteiger partial charge in [-0.05, 0) is 28.9 Å². The van der Waals surface area contributed by atoms with E-state index in [0.717, 1.165) is 6.92 Å². The third-order valence-corrected chi connectivity index (χ3v) is 3.41. The van der Waals surface area contributed by atoms with Crippen molar-refractivity contribution in [3.8, 4) is 0 Å². The van der Waals surface area contributed by atoms with Gasteiger partial charge < -0.3 is 11.1 Å². The minimum atomic E-state index is -3.14. The van der Waals surface area contributed by atoms with Gasteiger partial charge in [-0.2, -0.15) is 8.78 Å². The SMILES string of the molecule is Cc1cc(Nc2cc(CC(N)=O)ncc2Br)nc(C(C)(F)F)n1. The van der Waals surface area contributed by atoms with Crippen molar-refractivity contribution in [3.05, 3.63) is 40.0 Å². The topological polar surface area (TPSA) is 93.8 Å². The summed E-state index contributed by atoms with van der Waals surface area (Å²) >= 11 is 3.30. The summed E-state index contributed by atoms with van der Waals surface area (Å²) in [4.78, 5) is 22.6. The van der Waals surface area contributed by atoms with Gasteiger partial charge in [-0.3, -0.25) is 9.78 Å². The fraction of sp³-hybridized carbons (Fsp3) is 0.286. The average Bonchev–Trinajstić information content (AvgIpc) is 2.40. The maximum atomic E-state index is 13.4. The Labute approximate surface area is 139 Å². The van der Waals surface area contributed by atoms with E-state index in [0.29, 0.717) is 21.5 Å². The first-order chi connectivity index (χ1) is 10.6. The number of carbonyl (C=O) groups is 1. The quantitative estimate of drug-likeness (QED) is 0.824. The largest absolute Gasteiger partial charge is 0.369 e. The van der Waals surface area contributed by atoms with Crippen LogP contribution in [0, 0.1) is 6.92 Å². The number of nitrogens with two attached hydrogens (primary N) is 1. The van der Waals surface area contributed by atoms with Crippen LogP contribution in [-0.4, -0.2) is 20.9 Å². The lowest BCUT2D eigenvalue weighted by molar-refractivity contribution is -0.117. The molecule has 0 saturated heterocycles. The molecule has 6 nitrogen and oxygen atoms in total. The van der Waals surface area contributed by atoms with Gasteiger partial charge in [-0.15, -0.1) is 0 Å². The lowest BCUT2D eigenvalue weighted by Crippen LogP contribution is -2.15. The third-order valence-electron chi connectivity index (χ3n) is 2.78. The molecule has 0 aliphatic carbocycles. The van der Waals surface area contributed by atoms with Crippen molar-refractivity contribution in [2.45, 2.75) is 26.2 Å². The average molecular weight is 386 g/mol. The standard InChI is InChI=1S/C14H14BrF2N5O/c1-7-3-12(22-13(20-7)14(2,16)17)21-10-4-8(5-11(18)23)19-6-9(10)15/h3-4,6H,5H2,1-2H3,(H2,18,23)(H,19,20,21,22). The number of amides is 1. The number of primary amides is 1. The van der Waals surface area contributed by atoms with Gasteiger partial charge in [0.25, 0.3) is 0 Å². The minimum absolute atomic E-state index is 0.0248. The smallest absolute Gasteiger partial charge is 0.303 e. The number of hydrogen-bond acceptors (Lipinski definition) is 5. The Morgan fingerprint density at radius 1 is 1.39 bits per heavy atom. The normalized spacial score (nSPS) is 11.3. The first kappa shape index (κ1) is 17.2. The first-order valence-corrected chi connectivity index (χ1v) is 7.38. The highest BCUT2D eigenvalue weighted by Gasteiger charge is 2.28. The molecule has 2 rings (SSSR count). The van der Waals surface area contributed by atoms with Crippen molar-refractivity contribution >= 4 is 33.3 Å². The lowest BCUT2D eigenvalue weighted by Gasteiger charge is -2.13. The Hall–Kier alpha value is -2.16. The van der Waals surface area contributed by atoms with Crippen LogP contribution in [0.4, 0.5) is 20.3 Å². The Morgan fingerprint density at radius 2 is 2.09 bits per heavy atom. The van der Waals surface area contributed by atoms with Crippen LogP contribution in [0.1, 0.15) is 24.1 Å². The molecule has 0 spiro atoms. The minimum Gasteiger partial charge on any atom is -0.369 e.